The molecule has 21 heavy (non-hydrogen) atoms. The number of thiophene rings is 1. The third-order valence-electron chi connectivity index (χ3n) is 4.27. The van der Waals surface area contributed by atoms with Crippen LogP contribution in [0.5, 0.6) is 0 Å². The molecule has 3 nitrogen and oxygen atoms in total. The van der Waals surface area contributed by atoms with Gasteiger partial charge in [-0.15, -0.1) is 11.3 Å². The Morgan fingerprint density at radius 2 is 2.24 bits per heavy atom. The average molecular weight is 327 g/mol. The molecule has 1 aliphatic heterocycles. The van der Waals surface area contributed by atoms with Crippen molar-refractivity contribution in [2.45, 2.75) is 51.2 Å². The van der Waals surface area contributed by atoms with Gasteiger partial charge in [0.1, 0.15) is 6.17 Å². The summed E-state index contributed by atoms with van der Waals surface area (Å²) < 4.78 is 0. The van der Waals surface area contributed by atoms with Gasteiger partial charge in [0.15, 0.2) is 0 Å². The Labute approximate surface area is 136 Å². The topological polar surface area (TPSA) is 32.3 Å². The van der Waals surface area contributed by atoms with Crippen molar-refractivity contribution in [3.05, 3.63) is 22.4 Å². The monoisotopic (exact) mass is 326 g/mol. The highest BCUT2D eigenvalue weighted by atomic mass is 32.2. The number of thioether (sulfide) groups is 1. The lowest BCUT2D eigenvalue weighted by atomic mass is 9.99. The zero-order valence-corrected chi connectivity index (χ0v) is 14.9. The van der Waals surface area contributed by atoms with Crippen molar-refractivity contribution in [3.8, 4) is 0 Å². The third-order valence-corrected chi connectivity index (χ3v) is 5.89. The van der Waals surface area contributed by atoms with Crippen LogP contribution in [-0.2, 0) is 4.79 Å². The van der Waals surface area contributed by atoms with Gasteiger partial charge in [0.05, 0.1) is 5.54 Å². The van der Waals surface area contributed by atoms with Crippen molar-refractivity contribution in [1.82, 2.24) is 10.2 Å². The quantitative estimate of drug-likeness (QED) is 0.736. The van der Waals surface area contributed by atoms with Crippen LogP contribution in [0.25, 0.3) is 0 Å². The van der Waals surface area contributed by atoms with E-state index in [0.717, 1.165) is 19.4 Å². The molecule has 118 valence electrons. The van der Waals surface area contributed by atoms with Gasteiger partial charge in [0.2, 0.25) is 5.91 Å². The minimum absolute atomic E-state index is 0.0583. The molecule has 2 atom stereocenters. The first-order chi connectivity index (χ1) is 10.1. The summed E-state index contributed by atoms with van der Waals surface area (Å²) in [6, 6.07) is 4.18. The predicted octanol–water partition coefficient (Wildman–Crippen LogP) is 3.88. The Morgan fingerprint density at radius 3 is 2.86 bits per heavy atom. The molecule has 5 heteroatoms. The van der Waals surface area contributed by atoms with E-state index in [-0.39, 0.29) is 12.1 Å². The summed E-state index contributed by atoms with van der Waals surface area (Å²) in [4.78, 5) is 16.0. The lowest BCUT2D eigenvalue weighted by Gasteiger charge is -2.23. The van der Waals surface area contributed by atoms with Gasteiger partial charge < -0.3 is 4.90 Å². The molecule has 1 aromatic rings. The molecular formula is C16H26N2OS2. The Balaban J connectivity index is 2.02. The van der Waals surface area contributed by atoms with Gasteiger partial charge in [0, 0.05) is 11.4 Å². The summed E-state index contributed by atoms with van der Waals surface area (Å²) in [5.41, 5.74) is -0.409. The van der Waals surface area contributed by atoms with Gasteiger partial charge >= 0.3 is 0 Å². The van der Waals surface area contributed by atoms with E-state index >= 15 is 0 Å². The van der Waals surface area contributed by atoms with Crippen LogP contribution < -0.4 is 5.32 Å². The minimum Gasteiger partial charge on any atom is -0.320 e. The largest absolute Gasteiger partial charge is 0.320 e. The van der Waals surface area contributed by atoms with Crippen LogP contribution in [0, 0.1) is 0 Å². The summed E-state index contributed by atoms with van der Waals surface area (Å²) in [7, 11) is 0. The molecule has 2 rings (SSSR count). The molecule has 0 aliphatic carbocycles. The molecule has 0 aromatic carbocycles. The minimum atomic E-state index is -0.409. The number of carbonyl (C=O) groups excluding carboxylic acids is 1. The van der Waals surface area contributed by atoms with Gasteiger partial charge in [-0.05, 0) is 49.6 Å². The third kappa shape index (κ3) is 3.82. The highest BCUT2D eigenvalue weighted by Crippen LogP contribution is 2.34. The Morgan fingerprint density at radius 1 is 1.43 bits per heavy atom. The van der Waals surface area contributed by atoms with Crippen molar-refractivity contribution in [1.29, 1.82) is 0 Å². The van der Waals surface area contributed by atoms with Gasteiger partial charge in [-0.25, -0.2) is 0 Å². The summed E-state index contributed by atoms with van der Waals surface area (Å²) in [6.07, 6.45) is 6.57. The smallest absolute Gasteiger partial charge is 0.244 e. The number of nitrogens with zero attached hydrogens (tertiary/aromatic N) is 1. The van der Waals surface area contributed by atoms with Gasteiger partial charge in [-0.1, -0.05) is 19.4 Å². The first kappa shape index (κ1) is 16.8. The maximum atomic E-state index is 12.7. The molecule has 0 radical (unpaired) electrons. The number of carbonyl (C=O) groups is 1. The fraction of sp³-hybridized carbons (Fsp3) is 0.688. The van der Waals surface area contributed by atoms with E-state index < -0.39 is 5.54 Å². The fourth-order valence-electron chi connectivity index (χ4n) is 2.74. The van der Waals surface area contributed by atoms with E-state index in [9.17, 15) is 4.79 Å². The summed E-state index contributed by atoms with van der Waals surface area (Å²) >= 11 is 3.62. The van der Waals surface area contributed by atoms with Crippen LogP contribution in [0.15, 0.2) is 17.5 Å². The van der Waals surface area contributed by atoms with Crippen LogP contribution in [0.3, 0.4) is 0 Å². The molecule has 1 aliphatic rings. The molecule has 1 saturated heterocycles. The SMILES string of the molecule is CCC1(C)NC(c2cccs2)N(CCCCCSC)C1=O. The molecule has 1 amide bonds. The first-order valence-electron chi connectivity index (χ1n) is 7.73. The first-order valence-corrected chi connectivity index (χ1v) is 10.0. The average Bonchev–Trinajstić information content (AvgIpc) is 3.09. The van der Waals surface area contributed by atoms with E-state index in [1.165, 1.54) is 23.5 Å². The second-order valence-corrected chi connectivity index (χ2v) is 7.76. The summed E-state index contributed by atoms with van der Waals surface area (Å²) in [5.74, 6) is 1.47. The lowest BCUT2D eigenvalue weighted by Crippen LogP contribution is -2.43. The molecule has 2 heterocycles. The van der Waals surface area contributed by atoms with Crippen LogP contribution in [0.2, 0.25) is 0 Å². The number of nitrogens with one attached hydrogen (secondary N) is 1. The van der Waals surface area contributed by atoms with Crippen LogP contribution >= 0.6 is 23.1 Å². The molecule has 2 unspecified atom stereocenters. The highest BCUT2D eigenvalue weighted by molar-refractivity contribution is 7.98. The van der Waals surface area contributed by atoms with Crippen LogP contribution in [0.4, 0.5) is 0 Å². The van der Waals surface area contributed by atoms with Crippen molar-refractivity contribution >= 4 is 29.0 Å². The van der Waals surface area contributed by atoms with E-state index in [4.69, 9.17) is 0 Å². The maximum absolute atomic E-state index is 12.7. The second-order valence-electron chi connectivity index (χ2n) is 5.80. The molecular weight excluding hydrogens is 300 g/mol. The number of hydrogen-bond acceptors (Lipinski definition) is 4. The standard InChI is InChI=1S/C16H26N2OS2/c1-4-16(2)15(19)18(10-6-5-7-11-20-3)14(17-16)13-9-8-12-21-13/h8-9,12,14,17H,4-7,10-11H2,1-3H3. The van der Waals surface area contributed by atoms with E-state index in [2.05, 4.69) is 40.9 Å². The zero-order chi connectivity index (χ0) is 15.3. The molecule has 0 bridgehead atoms. The Kier molecular flexibility index (Phi) is 6.14. The molecule has 1 aromatic heterocycles. The zero-order valence-electron chi connectivity index (χ0n) is 13.2. The molecule has 1 N–H and O–H groups in total. The molecule has 0 saturated carbocycles. The maximum Gasteiger partial charge on any atom is 0.244 e. The Bertz CT molecular complexity index is 449. The van der Waals surface area contributed by atoms with Gasteiger partial charge in [-0.3, -0.25) is 10.1 Å². The number of amides is 1. The van der Waals surface area contributed by atoms with Crippen molar-refractivity contribution in [2.75, 3.05) is 18.6 Å². The highest BCUT2D eigenvalue weighted by Gasteiger charge is 2.47. The van der Waals surface area contributed by atoms with Crippen molar-refractivity contribution in [2.24, 2.45) is 0 Å². The fourth-order valence-corrected chi connectivity index (χ4v) is 4.02. The Hall–Kier alpha value is -0.520. The second kappa shape index (κ2) is 7.65. The summed E-state index contributed by atoms with van der Waals surface area (Å²) in [5, 5.41) is 5.64. The summed E-state index contributed by atoms with van der Waals surface area (Å²) in [6.45, 7) is 4.97. The lowest BCUT2D eigenvalue weighted by molar-refractivity contribution is -0.133. The van der Waals surface area contributed by atoms with Crippen molar-refractivity contribution in [3.63, 3.8) is 0 Å². The van der Waals surface area contributed by atoms with Crippen LogP contribution in [-0.4, -0.2) is 34.9 Å². The predicted molar refractivity (Wildman–Crippen MR) is 92.8 cm³/mol. The molecule has 1 fully saturated rings. The van der Waals surface area contributed by atoms with E-state index in [0.29, 0.717) is 0 Å². The van der Waals surface area contributed by atoms with Gasteiger partial charge in [-0.2, -0.15) is 11.8 Å². The number of rotatable bonds is 8. The normalized spacial score (nSPS) is 25.8. The number of unbranched alkanes of at least 4 members (excludes halogenated alkanes) is 2. The number of hydrogen-bond donors (Lipinski definition) is 1. The van der Waals surface area contributed by atoms with Gasteiger partial charge in [0.25, 0.3) is 0 Å². The van der Waals surface area contributed by atoms with E-state index in [1.54, 1.807) is 11.3 Å². The van der Waals surface area contributed by atoms with Crippen LogP contribution in [0.1, 0.15) is 50.6 Å². The molecule has 0 spiro atoms. The van der Waals surface area contributed by atoms with E-state index in [1.807, 2.05) is 18.7 Å². The van der Waals surface area contributed by atoms with Crippen molar-refractivity contribution < 1.29 is 4.79 Å².